The summed E-state index contributed by atoms with van der Waals surface area (Å²) in [6.45, 7) is 6.36. The van der Waals surface area contributed by atoms with Crippen molar-refractivity contribution in [3.8, 4) is 11.1 Å². The number of hydrogen-bond acceptors (Lipinski definition) is 5. The van der Waals surface area contributed by atoms with Gasteiger partial charge in [0.25, 0.3) is 0 Å². The Bertz CT molecular complexity index is 1010. The van der Waals surface area contributed by atoms with Crippen LogP contribution in [0, 0.1) is 0 Å². The van der Waals surface area contributed by atoms with Crippen LogP contribution in [-0.4, -0.2) is 11.9 Å². The fraction of sp³-hybridized carbons (Fsp3) is 0.182. The fourth-order valence-corrected chi connectivity index (χ4v) is 4.29. The van der Waals surface area contributed by atoms with Crippen molar-refractivity contribution in [2.45, 2.75) is 26.2 Å². The number of thiophene rings is 2. The number of nitrogens with one attached hydrogen (secondary N) is 1. The van der Waals surface area contributed by atoms with Crippen LogP contribution in [0.2, 0.25) is 0 Å². The molecule has 0 bridgehead atoms. The fourth-order valence-electron chi connectivity index (χ4n) is 2.71. The molecule has 0 unspecified atom stereocenters. The van der Waals surface area contributed by atoms with Crippen LogP contribution in [0.3, 0.4) is 0 Å². The van der Waals surface area contributed by atoms with Crippen LogP contribution in [-0.2, 0) is 10.2 Å². The number of anilines is 1. The maximum absolute atomic E-state index is 12.2. The Labute approximate surface area is 172 Å². The van der Waals surface area contributed by atoms with E-state index in [-0.39, 0.29) is 21.9 Å². The molecule has 0 atom stereocenters. The van der Waals surface area contributed by atoms with Crippen molar-refractivity contribution in [2.75, 3.05) is 5.32 Å². The molecule has 4 nitrogen and oxygen atoms in total. The van der Waals surface area contributed by atoms with Crippen molar-refractivity contribution in [2.24, 2.45) is 0 Å². The number of benzene rings is 1. The average Bonchev–Trinajstić information content (AvgIpc) is 3.29. The number of rotatable bonds is 5. The molecule has 1 N–H and O–H groups in total. The van der Waals surface area contributed by atoms with Crippen molar-refractivity contribution in [1.29, 1.82) is 0 Å². The summed E-state index contributed by atoms with van der Waals surface area (Å²) in [5.74, 6) is -1.69. The second-order valence-electron chi connectivity index (χ2n) is 7.31. The summed E-state index contributed by atoms with van der Waals surface area (Å²) in [6, 6.07) is 11.6. The van der Waals surface area contributed by atoms with Crippen molar-refractivity contribution >= 4 is 45.6 Å². The van der Waals surface area contributed by atoms with Gasteiger partial charge in [0, 0.05) is 27.5 Å². The lowest BCUT2D eigenvalue weighted by Gasteiger charge is -2.19. The quantitative estimate of drug-likeness (QED) is 0.615. The van der Waals surface area contributed by atoms with Gasteiger partial charge in [-0.2, -0.15) is 0 Å². The van der Waals surface area contributed by atoms with Crippen molar-refractivity contribution in [1.82, 2.24) is 0 Å². The number of amides is 1. The maximum Gasteiger partial charge on any atom is 0.249 e. The van der Waals surface area contributed by atoms with E-state index in [4.69, 9.17) is 0 Å². The van der Waals surface area contributed by atoms with Gasteiger partial charge in [0.05, 0.1) is 5.97 Å². The Morgan fingerprint density at radius 3 is 2.36 bits per heavy atom. The zero-order valence-corrected chi connectivity index (χ0v) is 17.4. The predicted molar refractivity (Wildman–Crippen MR) is 115 cm³/mol. The highest BCUT2D eigenvalue weighted by Crippen LogP contribution is 2.36. The third-order valence-corrected chi connectivity index (χ3v) is 5.97. The summed E-state index contributed by atoms with van der Waals surface area (Å²) in [7, 11) is 0. The first-order valence-corrected chi connectivity index (χ1v) is 10.5. The Balaban J connectivity index is 1.86. The maximum atomic E-state index is 12.2. The molecule has 144 valence electrons. The molecule has 28 heavy (non-hydrogen) atoms. The lowest BCUT2D eigenvalue weighted by atomic mass is 9.86. The summed E-state index contributed by atoms with van der Waals surface area (Å²) in [5.41, 5.74) is 2.50. The van der Waals surface area contributed by atoms with Crippen LogP contribution in [0.25, 0.3) is 17.2 Å². The van der Waals surface area contributed by atoms with Crippen LogP contribution >= 0.6 is 22.7 Å². The number of hydrogen-bond donors (Lipinski definition) is 1. The molecule has 0 aliphatic heterocycles. The molecule has 0 spiro atoms. The van der Waals surface area contributed by atoms with Gasteiger partial charge in [-0.15, -0.1) is 22.7 Å². The summed E-state index contributed by atoms with van der Waals surface area (Å²) in [5, 5.41) is 18.3. The second kappa shape index (κ2) is 8.12. The van der Waals surface area contributed by atoms with Crippen LogP contribution < -0.4 is 10.4 Å². The van der Waals surface area contributed by atoms with E-state index in [0.29, 0.717) is 5.56 Å². The third-order valence-electron chi connectivity index (χ3n) is 4.24. The number of carbonyl (C=O) groups excluding carboxylic acids is 2. The predicted octanol–water partition coefficient (Wildman–Crippen LogP) is 4.79. The summed E-state index contributed by atoms with van der Waals surface area (Å²) in [4.78, 5) is 24.9. The molecule has 2 heterocycles. The van der Waals surface area contributed by atoms with Gasteiger partial charge < -0.3 is 15.2 Å². The van der Waals surface area contributed by atoms with Gasteiger partial charge in [0.1, 0.15) is 5.00 Å². The van der Waals surface area contributed by atoms with Gasteiger partial charge in [0.2, 0.25) is 5.91 Å². The minimum absolute atomic E-state index is 0.00591. The largest absolute Gasteiger partial charge is 0.545 e. The Morgan fingerprint density at radius 1 is 1.07 bits per heavy atom. The molecule has 6 heteroatoms. The van der Waals surface area contributed by atoms with Crippen molar-refractivity contribution < 1.29 is 14.7 Å². The van der Waals surface area contributed by atoms with E-state index in [2.05, 4.69) is 26.1 Å². The molecule has 3 aromatic rings. The Hall–Kier alpha value is -2.70. The standard InChI is InChI=1S/C22H21NO3S2/c1-22(2,3)15-8-6-14(7-9-15)17-13-28-20(19(17)21(25)26)23-18(24)11-10-16-5-4-12-27-16/h4-13H,1-3H3,(H,23,24)(H,25,26)/p-1/b11-10+. The van der Waals surface area contributed by atoms with Crippen molar-refractivity contribution in [3.05, 3.63) is 69.2 Å². The summed E-state index contributed by atoms with van der Waals surface area (Å²) >= 11 is 2.69. The van der Waals surface area contributed by atoms with Crippen LogP contribution in [0.1, 0.15) is 41.6 Å². The molecular weight excluding hydrogens is 390 g/mol. The SMILES string of the molecule is CC(C)(C)c1ccc(-c2csc(NC(=O)/C=C/c3cccs3)c2C(=O)[O-])cc1. The van der Waals surface area contributed by atoms with Gasteiger partial charge >= 0.3 is 0 Å². The molecule has 3 rings (SSSR count). The first-order valence-electron chi connectivity index (χ1n) is 8.72. The molecule has 0 aliphatic carbocycles. The first kappa shape index (κ1) is 20.0. The van der Waals surface area contributed by atoms with E-state index < -0.39 is 5.97 Å². The molecule has 0 saturated heterocycles. The topological polar surface area (TPSA) is 69.2 Å². The number of carboxylic acids is 1. The minimum atomic E-state index is -1.31. The summed E-state index contributed by atoms with van der Waals surface area (Å²) in [6.07, 6.45) is 3.08. The number of carboxylic acid groups (broad SMARTS) is 1. The second-order valence-corrected chi connectivity index (χ2v) is 9.17. The first-order chi connectivity index (χ1) is 13.3. The van der Waals surface area contributed by atoms with E-state index in [1.54, 1.807) is 11.5 Å². The van der Waals surface area contributed by atoms with Crippen LogP contribution in [0.5, 0.6) is 0 Å². The van der Waals surface area contributed by atoms with Crippen molar-refractivity contribution in [3.63, 3.8) is 0 Å². The van der Waals surface area contributed by atoms with Gasteiger partial charge in [-0.3, -0.25) is 4.79 Å². The van der Waals surface area contributed by atoms with E-state index >= 15 is 0 Å². The summed E-state index contributed by atoms with van der Waals surface area (Å²) < 4.78 is 0. The highest BCUT2D eigenvalue weighted by Gasteiger charge is 2.17. The Morgan fingerprint density at radius 2 is 1.79 bits per heavy atom. The third kappa shape index (κ3) is 4.58. The molecular formula is C22H20NO3S2-. The average molecular weight is 411 g/mol. The number of aromatic carboxylic acids is 1. The zero-order valence-electron chi connectivity index (χ0n) is 15.8. The molecule has 0 fully saturated rings. The van der Waals surface area contributed by atoms with Crippen LogP contribution in [0.15, 0.2) is 53.2 Å². The molecule has 2 aromatic heterocycles. The van der Waals surface area contributed by atoms with Crippen LogP contribution in [0.4, 0.5) is 5.00 Å². The van der Waals surface area contributed by atoms with Gasteiger partial charge in [-0.25, -0.2) is 0 Å². The Kier molecular flexibility index (Phi) is 5.82. The van der Waals surface area contributed by atoms with Gasteiger partial charge in [-0.05, 0) is 34.1 Å². The highest BCUT2D eigenvalue weighted by molar-refractivity contribution is 7.15. The normalized spacial score (nSPS) is 11.7. The van der Waals surface area contributed by atoms with E-state index in [0.717, 1.165) is 16.0 Å². The molecule has 0 radical (unpaired) electrons. The monoisotopic (exact) mass is 410 g/mol. The lowest BCUT2D eigenvalue weighted by Crippen LogP contribution is -2.24. The molecule has 1 aromatic carbocycles. The smallest absolute Gasteiger partial charge is 0.249 e. The van der Waals surface area contributed by atoms with Gasteiger partial charge in [0.15, 0.2) is 0 Å². The van der Waals surface area contributed by atoms with Gasteiger partial charge in [-0.1, -0.05) is 51.1 Å². The molecule has 0 aliphatic rings. The molecule has 0 saturated carbocycles. The van der Waals surface area contributed by atoms with E-state index in [1.165, 1.54) is 28.7 Å². The van der Waals surface area contributed by atoms with E-state index in [9.17, 15) is 14.7 Å². The minimum Gasteiger partial charge on any atom is -0.545 e. The number of carbonyl (C=O) groups is 2. The molecule has 1 amide bonds. The zero-order chi connectivity index (χ0) is 20.3. The highest BCUT2D eigenvalue weighted by atomic mass is 32.1. The van der Waals surface area contributed by atoms with E-state index in [1.807, 2.05) is 41.8 Å². The lowest BCUT2D eigenvalue weighted by molar-refractivity contribution is -0.254.